The Labute approximate surface area is 170 Å². The van der Waals surface area contributed by atoms with Gasteiger partial charge in [-0.3, -0.25) is 9.59 Å². The highest BCUT2D eigenvalue weighted by Crippen LogP contribution is 2.17. The normalized spacial score (nSPS) is 11.2. The Balaban J connectivity index is 1.87. The van der Waals surface area contributed by atoms with Crippen LogP contribution in [-0.2, 0) is 26.0 Å². The van der Waals surface area contributed by atoms with Crippen molar-refractivity contribution in [1.82, 2.24) is 9.62 Å². The van der Waals surface area contributed by atoms with Gasteiger partial charge in [-0.1, -0.05) is 12.1 Å². The van der Waals surface area contributed by atoms with Crippen LogP contribution in [0.25, 0.3) is 0 Å². The number of hydrogen-bond donors (Lipinski definition) is 2. The van der Waals surface area contributed by atoms with Crippen LogP contribution in [0.3, 0.4) is 0 Å². The number of ether oxygens (including phenoxy) is 1. The molecule has 9 heteroatoms. The van der Waals surface area contributed by atoms with E-state index in [4.69, 9.17) is 4.74 Å². The predicted molar refractivity (Wildman–Crippen MR) is 110 cm³/mol. The van der Waals surface area contributed by atoms with Crippen LogP contribution in [0, 0.1) is 0 Å². The summed E-state index contributed by atoms with van der Waals surface area (Å²) in [5, 5.41) is 5.29. The maximum Gasteiger partial charge on any atom is 0.243 e. The minimum Gasteiger partial charge on any atom is -0.497 e. The molecule has 0 radical (unpaired) electrons. The van der Waals surface area contributed by atoms with E-state index < -0.39 is 10.0 Å². The average Bonchev–Trinajstić information content (AvgIpc) is 2.68. The highest BCUT2D eigenvalue weighted by atomic mass is 32.2. The van der Waals surface area contributed by atoms with E-state index in [9.17, 15) is 18.0 Å². The van der Waals surface area contributed by atoms with Gasteiger partial charge in [-0.25, -0.2) is 8.42 Å². The zero-order valence-electron chi connectivity index (χ0n) is 16.6. The smallest absolute Gasteiger partial charge is 0.243 e. The van der Waals surface area contributed by atoms with E-state index in [-0.39, 0.29) is 23.3 Å². The van der Waals surface area contributed by atoms with Crippen molar-refractivity contribution in [3.63, 3.8) is 0 Å². The Morgan fingerprint density at radius 3 is 2.21 bits per heavy atom. The van der Waals surface area contributed by atoms with Crippen LogP contribution < -0.4 is 15.4 Å². The largest absolute Gasteiger partial charge is 0.497 e. The lowest BCUT2D eigenvalue weighted by atomic mass is 10.1. The van der Waals surface area contributed by atoms with E-state index in [1.54, 1.807) is 7.11 Å². The topological polar surface area (TPSA) is 105 Å². The van der Waals surface area contributed by atoms with Gasteiger partial charge in [0.25, 0.3) is 0 Å². The predicted octanol–water partition coefficient (Wildman–Crippen LogP) is 1.63. The van der Waals surface area contributed by atoms with Crippen molar-refractivity contribution < 1.29 is 22.7 Å². The summed E-state index contributed by atoms with van der Waals surface area (Å²) >= 11 is 0. The lowest BCUT2D eigenvalue weighted by Gasteiger charge is -2.17. The summed E-state index contributed by atoms with van der Waals surface area (Å²) in [5.74, 6) is 0.123. The summed E-state index contributed by atoms with van der Waals surface area (Å²) in [6.45, 7) is 1.47. The van der Waals surface area contributed by atoms with Gasteiger partial charge in [-0.05, 0) is 48.4 Å². The molecule has 2 amide bonds. The number of anilines is 1. The second-order valence-corrected chi connectivity index (χ2v) is 8.46. The molecule has 0 aliphatic heterocycles. The Hall–Kier alpha value is -2.91. The third-order valence-electron chi connectivity index (χ3n) is 4.14. The zero-order valence-corrected chi connectivity index (χ0v) is 17.5. The summed E-state index contributed by atoms with van der Waals surface area (Å²) in [5.41, 5.74) is 1.53. The Morgan fingerprint density at radius 2 is 1.66 bits per heavy atom. The molecule has 0 aromatic heterocycles. The maximum absolute atomic E-state index is 12.6. The van der Waals surface area contributed by atoms with Crippen molar-refractivity contribution in [2.24, 2.45) is 0 Å². The van der Waals surface area contributed by atoms with Crippen molar-refractivity contribution in [3.05, 3.63) is 54.1 Å². The first kappa shape index (κ1) is 22.4. The summed E-state index contributed by atoms with van der Waals surface area (Å²) in [6, 6.07) is 13.3. The van der Waals surface area contributed by atoms with Crippen molar-refractivity contribution in [1.29, 1.82) is 0 Å². The molecule has 0 saturated heterocycles. The number of benzene rings is 2. The van der Waals surface area contributed by atoms with Crippen LogP contribution in [0.15, 0.2) is 53.4 Å². The number of nitrogens with one attached hydrogen (secondary N) is 2. The lowest BCUT2D eigenvalue weighted by molar-refractivity contribution is -0.121. The number of amides is 2. The molecule has 0 spiro atoms. The molecule has 2 N–H and O–H groups in total. The number of hydrogen-bond acceptors (Lipinski definition) is 5. The van der Waals surface area contributed by atoms with Gasteiger partial charge < -0.3 is 15.4 Å². The van der Waals surface area contributed by atoms with E-state index in [1.807, 2.05) is 24.3 Å². The first-order chi connectivity index (χ1) is 13.7. The molecule has 0 atom stereocenters. The number of sulfonamides is 1. The molecule has 0 bridgehead atoms. The molecule has 0 fully saturated rings. The summed E-state index contributed by atoms with van der Waals surface area (Å²) in [4.78, 5) is 23.2. The van der Waals surface area contributed by atoms with Gasteiger partial charge in [0.1, 0.15) is 5.75 Å². The lowest BCUT2D eigenvalue weighted by Crippen LogP contribution is -2.39. The van der Waals surface area contributed by atoms with Crippen molar-refractivity contribution in [2.75, 3.05) is 32.6 Å². The Kier molecular flexibility index (Phi) is 7.74. The number of nitrogens with zero attached hydrogens (tertiary/aromatic N) is 1. The van der Waals surface area contributed by atoms with Crippen LogP contribution in [-0.4, -0.2) is 51.8 Å². The van der Waals surface area contributed by atoms with Crippen molar-refractivity contribution in [3.8, 4) is 5.75 Å². The summed E-state index contributed by atoms with van der Waals surface area (Å²) in [7, 11) is -0.877. The number of methoxy groups -OCH3 is 1. The second kappa shape index (κ2) is 10.0. The first-order valence-electron chi connectivity index (χ1n) is 8.96. The van der Waals surface area contributed by atoms with E-state index >= 15 is 0 Å². The van der Waals surface area contributed by atoms with E-state index in [0.717, 1.165) is 15.6 Å². The Bertz CT molecular complexity index is 941. The fourth-order valence-corrected chi connectivity index (χ4v) is 3.70. The van der Waals surface area contributed by atoms with Gasteiger partial charge in [0, 0.05) is 26.2 Å². The molecule has 2 rings (SSSR count). The molecule has 0 saturated carbocycles. The molecule has 8 nitrogen and oxygen atoms in total. The Morgan fingerprint density at radius 1 is 1.03 bits per heavy atom. The molecule has 0 aliphatic rings. The first-order valence-corrected chi connectivity index (χ1v) is 10.4. The highest BCUT2D eigenvalue weighted by Gasteiger charge is 2.22. The van der Waals surface area contributed by atoms with Gasteiger partial charge in [0.2, 0.25) is 21.8 Å². The van der Waals surface area contributed by atoms with Crippen LogP contribution in [0.1, 0.15) is 12.5 Å². The molecule has 0 heterocycles. The zero-order chi connectivity index (χ0) is 21.4. The van der Waals surface area contributed by atoms with Crippen LogP contribution in [0.4, 0.5) is 5.69 Å². The van der Waals surface area contributed by atoms with Crippen LogP contribution >= 0.6 is 0 Å². The van der Waals surface area contributed by atoms with Gasteiger partial charge in [0.15, 0.2) is 0 Å². The minimum atomic E-state index is -3.82. The number of carbonyl (C=O) groups excluding carboxylic acids is 2. The van der Waals surface area contributed by atoms with Crippen LogP contribution in [0.5, 0.6) is 5.75 Å². The quantitative estimate of drug-likeness (QED) is 0.643. The fraction of sp³-hybridized carbons (Fsp3) is 0.300. The molecular formula is C20H25N3O5S. The number of likely N-dealkylation sites (N-methyl/N-ethyl adjacent to an activating group) is 1. The van der Waals surface area contributed by atoms with E-state index in [1.165, 1.54) is 38.2 Å². The third-order valence-corrected chi connectivity index (χ3v) is 5.96. The average molecular weight is 420 g/mol. The summed E-state index contributed by atoms with van der Waals surface area (Å²) in [6.07, 6.45) is 0.622. The molecular weight excluding hydrogens is 394 g/mol. The molecule has 2 aromatic carbocycles. The molecule has 0 aliphatic carbocycles. The molecule has 156 valence electrons. The minimum absolute atomic E-state index is 0.0418. The SMILES string of the molecule is COc1ccc(CCNC(=O)CN(C)S(=O)(=O)c2ccc(NC(C)=O)cc2)cc1. The standard InChI is InChI=1S/C20H25N3O5S/c1-15(24)22-17-6-10-19(11-7-17)29(26,27)23(2)14-20(25)21-13-12-16-4-8-18(28-3)9-5-16/h4-11H,12-14H2,1-3H3,(H,21,25)(H,22,24). The second-order valence-electron chi connectivity index (χ2n) is 6.41. The van der Waals surface area contributed by atoms with E-state index in [2.05, 4.69) is 10.6 Å². The van der Waals surface area contributed by atoms with Gasteiger partial charge in [-0.15, -0.1) is 0 Å². The number of rotatable bonds is 9. The van der Waals surface area contributed by atoms with Gasteiger partial charge >= 0.3 is 0 Å². The molecule has 29 heavy (non-hydrogen) atoms. The molecule has 0 unspecified atom stereocenters. The summed E-state index contributed by atoms with van der Waals surface area (Å²) < 4.78 is 31.3. The monoisotopic (exact) mass is 419 g/mol. The fourth-order valence-electron chi connectivity index (χ4n) is 2.58. The maximum atomic E-state index is 12.6. The van der Waals surface area contributed by atoms with Crippen LogP contribution in [0.2, 0.25) is 0 Å². The van der Waals surface area contributed by atoms with Crippen molar-refractivity contribution >= 4 is 27.5 Å². The van der Waals surface area contributed by atoms with Gasteiger partial charge in [-0.2, -0.15) is 4.31 Å². The van der Waals surface area contributed by atoms with Gasteiger partial charge in [0.05, 0.1) is 18.6 Å². The molecule has 2 aromatic rings. The highest BCUT2D eigenvalue weighted by molar-refractivity contribution is 7.89. The number of carbonyl (C=O) groups is 2. The van der Waals surface area contributed by atoms with Crippen molar-refractivity contribution in [2.45, 2.75) is 18.2 Å². The van der Waals surface area contributed by atoms with E-state index in [0.29, 0.717) is 18.7 Å². The third kappa shape index (κ3) is 6.58.